The molecule has 1 heterocycles. The molecule has 1 aliphatic heterocycles. The Morgan fingerprint density at radius 3 is 2.23 bits per heavy atom. The van der Waals surface area contributed by atoms with Gasteiger partial charge < -0.3 is 20.4 Å². The Morgan fingerprint density at radius 1 is 0.846 bits per heavy atom. The van der Waals surface area contributed by atoms with Gasteiger partial charge >= 0.3 is 0 Å². The van der Waals surface area contributed by atoms with Crippen molar-refractivity contribution in [2.24, 2.45) is 0 Å². The van der Waals surface area contributed by atoms with Crippen molar-refractivity contribution in [3.05, 3.63) is 83.9 Å². The second-order valence-electron chi connectivity index (χ2n) is 10.5. The van der Waals surface area contributed by atoms with E-state index in [1.165, 1.54) is 4.90 Å². The molecular formula is C32H40N4O3. The van der Waals surface area contributed by atoms with Crippen LogP contribution in [0.5, 0.6) is 0 Å². The van der Waals surface area contributed by atoms with Crippen LogP contribution in [0.3, 0.4) is 0 Å². The standard InChI is InChI=1S/C32H40N4O3/c1-33-31(38)28(20-23-11-5-4-6-12-23)36(3)32(39)29(35(2)30(37)22-27-15-9-10-18-34-27)21-24-16-17-25-13-7-8-14-26(25)19-24/h4-8,11-14,16-17,19,27-29,34H,9-10,15,18,20-22H2,1-3H3,(H,33,38)/t27?,28-,29+/m1/s1. The predicted octanol–water partition coefficient (Wildman–Crippen LogP) is 3.56. The van der Waals surface area contributed by atoms with Gasteiger partial charge in [0.05, 0.1) is 0 Å². The summed E-state index contributed by atoms with van der Waals surface area (Å²) in [5.41, 5.74) is 1.93. The number of piperidine rings is 1. The molecule has 3 aromatic carbocycles. The van der Waals surface area contributed by atoms with E-state index in [4.69, 9.17) is 0 Å². The smallest absolute Gasteiger partial charge is 0.246 e. The molecule has 1 aliphatic rings. The monoisotopic (exact) mass is 528 g/mol. The summed E-state index contributed by atoms with van der Waals surface area (Å²) in [6, 6.07) is 22.6. The maximum absolute atomic E-state index is 14.1. The quantitative estimate of drug-likeness (QED) is 0.422. The van der Waals surface area contributed by atoms with Gasteiger partial charge in [-0.15, -0.1) is 0 Å². The third-order valence-corrected chi connectivity index (χ3v) is 7.86. The maximum Gasteiger partial charge on any atom is 0.246 e. The fourth-order valence-corrected chi connectivity index (χ4v) is 5.40. The summed E-state index contributed by atoms with van der Waals surface area (Å²) in [7, 11) is 4.96. The van der Waals surface area contributed by atoms with Crippen LogP contribution in [0.1, 0.15) is 36.8 Å². The van der Waals surface area contributed by atoms with Crippen molar-refractivity contribution < 1.29 is 14.4 Å². The minimum absolute atomic E-state index is 0.0681. The molecule has 4 rings (SSSR count). The molecule has 0 spiro atoms. The minimum Gasteiger partial charge on any atom is -0.357 e. The molecule has 7 nitrogen and oxygen atoms in total. The Balaban J connectivity index is 1.61. The van der Waals surface area contributed by atoms with Gasteiger partial charge in [-0.1, -0.05) is 79.2 Å². The number of benzene rings is 3. The number of carbonyl (C=O) groups is 3. The molecule has 206 valence electrons. The van der Waals surface area contributed by atoms with E-state index in [1.54, 1.807) is 26.0 Å². The summed E-state index contributed by atoms with van der Waals surface area (Å²) in [5.74, 6) is -0.554. The molecule has 0 saturated carbocycles. The molecule has 0 radical (unpaired) electrons. The van der Waals surface area contributed by atoms with Crippen molar-refractivity contribution in [1.29, 1.82) is 0 Å². The fraction of sp³-hybridized carbons (Fsp3) is 0.406. The van der Waals surface area contributed by atoms with Crippen molar-refractivity contribution in [3.63, 3.8) is 0 Å². The van der Waals surface area contributed by atoms with Gasteiger partial charge in [-0.05, 0) is 41.3 Å². The lowest BCUT2D eigenvalue weighted by Gasteiger charge is -2.35. The maximum atomic E-state index is 14.1. The minimum atomic E-state index is -0.741. The summed E-state index contributed by atoms with van der Waals surface area (Å²) < 4.78 is 0. The lowest BCUT2D eigenvalue weighted by molar-refractivity contribution is -0.147. The summed E-state index contributed by atoms with van der Waals surface area (Å²) in [5, 5.41) is 8.36. The Labute approximate surface area is 231 Å². The first kappa shape index (κ1) is 28.3. The summed E-state index contributed by atoms with van der Waals surface area (Å²) >= 11 is 0. The number of carbonyl (C=O) groups excluding carboxylic acids is 3. The van der Waals surface area contributed by atoms with E-state index in [-0.39, 0.29) is 23.8 Å². The van der Waals surface area contributed by atoms with Gasteiger partial charge in [0, 0.05) is 46.4 Å². The van der Waals surface area contributed by atoms with Gasteiger partial charge in [0.2, 0.25) is 17.7 Å². The number of hydrogen-bond donors (Lipinski definition) is 2. The fourth-order valence-electron chi connectivity index (χ4n) is 5.40. The number of nitrogens with zero attached hydrogens (tertiary/aromatic N) is 2. The highest BCUT2D eigenvalue weighted by Crippen LogP contribution is 2.21. The Bertz CT molecular complexity index is 1270. The van der Waals surface area contributed by atoms with Crippen molar-refractivity contribution in [2.45, 2.75) is 56.7 Å². The van der Waals surface area contributed by atoms with Gasteiger partial charge in [0.1, 0.15) is 12.1 Å². The van der Waals surface area contributed by atoms with Crippen LogP contribution < -0.4 is 10.6 Å². The molecule has 3 amide bonds. The average Bonchev–Trinajstić information content (AvgIpc) is 2.98. The summed E-state index contributed by atoms with van der Waals surface area (Å²) in [6.45, 7) is 0.914. The number of fused-ring (bicyclic) bond motifs is 1. The molecule has 3 aromatic rings. The van der Waals surface area contributed by atoms with Crippen molar-refractivity contribution in [1.82, 2.24) is 20.4 Å². The highest BCUT2D eigenvalue weighted by atomic mass is 16.2. The highest BCUT2D eigenvalue weighted by molar-refractivity contribution is 5.92. The van der Waals surface area contributed by atoms with E-state index in [2.05, 4.69) is 22.8 Å². The molecule has 0 bridgehead atoms. The lowest BCUT2D eigenvalue weighted by Crippen LogP contribution is -2.56. The third kappa shape index (κ3) is 7.24. The van der Waals surface area contributed by atoms with Crippen molar-refractivity contribution in [2.75, 3.05) is 27.7 Å². The van der Waals surface area contributed by atoms with E-state index >= 15 is 0 Å². The Hall–Kier alpha value is -3.71. The molecule has 1 fully saturated rings. The molecule has 3 atom stereocenters. The van der Waals surface area contributed by atoms with Crippen molar-refractivity contribution >= 4 is 28.5 Å². The van der Waals surface area contributed by atoms with Crippen LogP contribution in [-0.4, -0.2) is 73.3 Å². The molecule has 7 heteroatoms. The van der Waals surface area contributed by atoms with E-state index < -0.39 is 12.1 Å². The normalized spacial score (nSPS) is 16.7. The Morgan fingerprint density at radius 2 is 1.54 bits per heavy atom. The van der Waals surface area contributed by atoms with E-state index in [1.807, 2.05) is 60.7 Å². The molecular weight excluding hydrogens is 488 g/mol. The topological polar surface area (TPSA) is 81.8 Å². The van der Waals surface area contributed by atoms with Crippen LogP contribution in [0, 0.1) is 0 Å². The zero-order valence-corrected chi connectivity index (χ0v) is 23.2. The van der Waals surface area contributed by atoms with Gasteiger partial charge in [-0.3, -0.25) is 14.4 Å². The number of rotatable bonds is 10. The van der Waals surface area contributed by atoms with Crippen LogP contribution >= 0.6 is 0 Å². The van der Waals surface area contributed by atoms with Crippen LogP contribution in [0.4, 0.5) is 0 Å². The number of amides is 3. The third-order valence-electron chi connectivity index (χ3n) is 7.86. The highest BCUT2D eigenvalue weighted by Gasteiger charge is 2.35. The second-order valence-corrected chi connectivity index (χ2v) is 10.5. The molecule has 2 N–H and O–H groups in total. The Kier molecular flexibility index (Phi) is 9.71. The van der Waals surface area contributed by atoms with Gasteiger partial charge in [0.15, 0.2) is 0 Å². The van der Waals surface area contributed by atoms with Crippen LogP contribution in [0.2, 0.25) is 0 Å². The molecule has 1 unspecified atom stereocenters. The van der Waals surface area contributed by atoms with Gasteiger partial charge in [0.25, 0.3) is 0 Å². The predicted molar refractivity (Wildman–Crippen MR) is 155 cm³/mol. The first-order valence-corrected chi connectivity index (χ1v) is 13.9. The largest absolute Gasteiger partial charge is 0.357 e. The lowest BCUT2D eigenvalue weighted by atomic mass is 9.97. The van der Waals surface area contributed by atoms with Crippen LogP contribution in [0.25, 0.3) is 10.8 Å². The summed E-state index contributed by atoms with van der Waals surface area (Å²) in [4.78, 5) is 43.7. The SMILES string of the molecule is CNC(=O)[C@@H](Cc1ccccc1)N(C)C(=O)[C@H](Cc1ccc2ccccc2c1)N(C)C(=O)CC1CCCCN1. The number of nitrogens with one attached hydrogen (secondary N) is 2. The van der Waals surface area contributed by atoms with Crippen molar-refractivity contribution in [3.8, 4) is 0 Å². The first-order chi connectivity index (χ1) is 18.9. The van der Waals surface area contributed by atoms with E-state index in [0.717, 1.165) is 47.7 Å². The molecule has 0 aliphatic carbocycles. The molecule has 0 aromatic heterocycles. The number of hydrogen-bond acceptors (Lipinski definition) is 4. The summed E-state index contributed by atoms with van der Waals surface area (Å²) in [6.07, 6.45) is 4.28. The van der Waals surface area contributed by atoms with E-state index in [9.17, 15) is 14.4 Å². The zero-order chi connectivity index (χ0) is 27.8. The average molecular weight is 529 g/mol. The number of likely N-dealkylation sites (N-methyl/N-ethyl adjacent to an activating group) is 3. The van der Waals surface area contributed by atoms with Crippen LogP contribution in [0.15, 0.2) is 72.8 Å². The second kappa shape index (κ2) is 13.4. The zero-order valence-electron chi connectivity index (χ0n) is 23.2. The molecule has 1 saturated heterocycles. The first-order valence-electron chi connectivity index (χ1n) is 13.9. The van der Waals surface area contributed by atoms with Crippen LogP contribution in [-0.2, 0) is 27.2 Å². The van der Waals surface area contributed by atoms with Gasteiger partial charge in [-0.25, -0.2) is 0 Å². The van der Waals surface area contributed by atoms with Gasteiger partial charge in [-0.2, -0.15) is 0 Å². The molecule has 39 heavy (non-hydrogen) atoms. The van der Waals surface area contributed by atoms with E-state index in [0.29, 0.717) is 19.3 Å².